The van der Waals surface area contributed by atoms with E-state index in [9.17, 15) is 5.26 Å². The van der Waals surface area contributed by atoms with E-state index in [1.54, 1.807) is 12.1 Å². The maximum absolute atomic E-state index is 9.31. The Hall–Kier alpha value is -1.71. The molecule has 0 amide bonds. The van der Waals surface area contributed by atoms with E-state index in [1.165, 1.54) is 0 Å². The molecule has 0 saturated carbocycles. The van der Waals surface area contributed by atoms with Gasteiger partial charge in [0.1, 0.15) is 0 Å². The van der Waals surface area contributed by atoms with Gasteiger partial charge >= 0.3 is 7.12 Å². The number of benzene rings is 1. The zero-order chi connectivity index (χ0) is 14.5. The molecule has 20 heavy (non-hydrogen) atoms. The summed E-state index contributed by atoms with van der Waals surface area (Å²) in [5.74, 6) is 1.20. The molecule has 1 saturated heterocycles. The highest BCUT2D eigenvalue weighted by molar-refractivity contribution is 6.63. The van der Waals surface area contributed by atoms with Crippen molar-refractivity contribution in [2.45, 2.75) is 38.9 Å². The number of ether oxygens (including phenoxy) is 2. The predicted molar refractivity (Wildman–Crippen MR) is 73.0 cm³/mol. The summed E-state index contributed by atoms with van der Waals surface area (Å²) in [6.45, 7) is 8.09. The van der Waals surface area contributed by atoms with Crippen molar-refractivity contribution in [2.75, 3.05) is 6.79 Å². The van der Waals surface area contributed by atoms with Crippen LogP contribution < -0.4 is 14.9 Å². The molecule has 1 aromatic rings. The first-order valence-electron chi connectivity index (χ1n) is 6.53. The second-order valence-corrected chi connectivity index (χ2v) is 5.99. The number of rotatable bonds is 1. The molecule has 2 aliphatic rings. The van der Waals surface area contributed by atoms with Crippen LogP contribution in [0.1, 0.15) is 33.3 Å². The lowest BCUT2D eigenvalue weighted by Gasteiger charge is -2.32. The SMILES string of the molecule is CC1(C)OB(c2cc3c(cc2C#N)OCO3)OC1(C)C. The van der Waals surface area contributed by atoms with Crippen molar-refractivity contribution in [3.63, 3.8) is 0 Å². The molecule has 0 atom stereocenters. The van der Waals surface area contributed by atoms with Crippen molar-refractivity contribution in [3.05, 3.63) is 17.7 Å². The Kier molecular flexibility index (Phi) is 2.75. The van der Waals surface area contributed by atoms with Gasteiger partial charge in [-0.3, -0.25) is 0 Å². The largest absolute Gasteiger partial charge is 0.496 e. The fourth-order valence-electron chi connectivity index (χ4n) is 2.22. The summed E-state index contributed by atoms with van der Waals surface area (Å²) in [5.41, 5.74) is 0.268. The second-order valence-electron chi connectivity index (χ2n) is 5.99. The molecule has 1 fully saturated rings. The number of hydrogen-bond acceptors (Lipinski definition) is 5. The van der Waals surface area contributed by atoms with Gasteiger partial charge in [0, 0.05) is 11.5 Å². The van der Waals surface area contributed by atoms with Crippen molar-refractivity contribution in [2.24, 2.45) is 0 Å². The number of nitriles is 1. The zero-order valence-corrected chi connectivity index (χ0v) is 12.0. The quantitative estimate of drug-likeness (QED) is 0.727. The lowest BCUT2D eigenvalue weighted by Crippen LogP contribution is -2.41. The highest BCUT2D eigenvalue weighted by Crippen LogP contribution is 2.38. The lowest BCUT2D eigenvalue weighted by molar-refractivity contribution is 0.00578. The Bertz CT molecular complexity index is 590. The average Bonchev–Trinajstić information content (AvgIpc) is 2.89. The Morgan fingerprint density at radius 2 is 1.60 bits per heavy atom. The van der Waals surface area contributed by atoms with E-state index in [0.29, 0.717) is 22.5 Å². The van der Waals surface area contributed by atoms with Crippen LogP contribution in [0, 0.1) is 11.3 Å². The molecule has 0 unspecified atom stereocenters. The van der Waals surface area contributed by atoms with Crippen LogP contribution >= 0.6 is 0 Å². The van der Waals surface area contributed by atoms with Crippen molar-refractivity contribution >= 4 is 12.6 Å². The lowest BCUT2D eigenvalue weighted by atomic mass is 9.76. The molecular formula is C14H16BNO4. The average molecular weight is 273 g/mol. The molecule has 6 heteroatoms. The minimum atomic E-state index is -0.579. The van der Waals surface area contributed by atoms with Gasteiger partial charge in [-0.05, 0) is 33.8 Å². The molecule has 2 aliphatic heterocycles. The van der Waals surface area contributed by atoms with Gasteiger partial charge in [0.2, 0.25) is 6.79 Å². The summed E-state index contributed by atoms with van der Waals surface area (Å²) < 4.78 is 22.6. The number of nitrogens with zero attached hydrogens (tertiary/aromatic N) is 1. The molecule has 5 nitrogen and oxygen atoms in total. The first kappa shape index (κ1) is 13.3. The summed E-state index contributed by atoms with van der Waals surface area (Å²) in [6.07, 6.45) is 0. The maximum atomic E-state index is 9.31. The fraction of sp³-hybridized carbons (Fsp3) is 0.500. The smallest absolute Gasteiger partial charge is 0.454 e. The summed E-state index contributed by atoms with van der Waals surface area (Å²) in [4.78, 5) is 0. The molecule has 104 valence electrons. The highest BCUT2D eigenvalue weighted by Gasteiger charge is 2.52. The van der Waals surface area contributed by atoms with Crippen LogP contribution in [0.3, 0.4) is 0 Å². The molecule has 0 aliphatic carbocycles. The maximum Gasteiger partial charge on any atom is 0.496 e. The molecule has 0 N–H and O–H groups in total. The van der Waals surface area contributed by atoms with Crippen LogP contribution in [0.4, 0.5) is 0 Å². The Balaban J connectivity index is 2.02. The van der Waals surface area contributed by atoms with Crippen molar-refractivity contribution in [1.82, 2.24) is 0 Å². The summed E-state index contributed by atoms with van der Waals surface area (Å²) in [6, 6.07) is 5.60. The Labute approximate surface area is 118 Å². The first-order chi connectivity index (χ1) is 9.34. The van der Waals surface area contributed by atoms with Gasteiger partial charge in [-0.25, -0.2) is 0 Å². The molecule has 0 radical (unpaired) electrons. The van der Waals surface area contributed by atoms with Crippen LogP contribution in [0.5, 0.6) is 11.5 Å². The summed E-state index contributed by atoms with van der Waals surface area (Å²) in [7, 11) is -0.579. The molecule has 1 aromatic carbocycles. The molecule has 3 rings (SSSR count). The van der Waals surface area contributed by atoms with E-state index < -0.39 is 18.3 Å². The van der Waals surface area contributed by atoms with Crippen LogP contribution in [0.25, 0.3) is 0 Å². The van der Waals surface area contributed by atoms with E-state index in [1.807, 2.05) is 27.7 Å². The highest BCUT2D eigenvalue weighted by atomic mass is 16.7. The third-order valence-corrected chi connectivity index (χ3v) is 4.17. The van der Waals surface area contributed by atoms with Crippen molar-refractivity contribution in [1.29, 1.82) is 5.26 Å². The van der Waals surface area contributed by atoms with E-state index in [4.69, 9.17) is 18.8 Å². The standard InChI is InChI=1S/C14H16BNO4/c1-13(2)14(3,4)20-15(19-13)10-6-12-11(17-8-18-12)5-9(10)7-16/h5-6H,8H2,1-4H3. The van der Waals surface area contributed by atoms with Crippen molar-refractivity contribution < 1.29 is 18.8 Å². The van der Waals surface area contributed by atoms with Crippen LogP contribution in [-0.2, 0) is 9.31 Å². The number of hydrogen-bond donors (Lipinski definition) is 0. The Morgan fingerprint density at radius 1 is 1.05 bits per heavy atom. The minimum Gasteiger partial charge on any atom is -0.454 e. The summed E-state index contributed by atoms with van der Waals surface area (Å²) in [5, 5.41) is 9.31. The number of fused-ring (bicyclic) bond motifs is 1. The van der Waals surface area contributed by atoms with Gasteiger partial charge in [-0.2, -0.15) is 5.26 Å². The van der Waals surface area contributed by atoms with E-state index in [-0.39, 0.29) is 6.79 Å². The third kappa shape index (κ3) is 1.86. The zero-order valence-electron chi connectivity index (χ0n) is 12.0. The fourth-order valence-corrected chi connectivity index (χ4v) is 2.22. The topological polar surface area (TPSA) is 60.7 Å². The molecule has 0 aromatic heterocycles. The van der Waals surface area contributed by atoms with Gasteiger partial charge in [0.05, 0.1) is 22.8 Å². The third-order valence-electron chi connectivity index (χ3n) is 4.17. The summed E-state index contributed by atoms with van der Waals surface area (Å²) >= 11 is 0. The molecule has 2 heterocycles. The minimum absolute atomic E-state index is 0.174. The predicted octanol–water partition coefficient (Wildman–Crippen LogP) is 1.59. The Morgan fingerprint density at radius 3 is 2.15 bits per heavy atom. The monoisotopic (exact) mass is 273 g/mol. The van der Waals surface area contributed by atoms with Crippen LogP contribution in [0.2, 0.25) is 0 Å². The van der Waals surface area contributed by atoms with Crippen LogP contribution in [-0.4, -0.2) is 25.1 Å². The van der Waals surface area contributed by atoms with Gasteiger partial charge in [-0.1, -0.05) is 0 Å². The second kappa shape index (κ2) is 4.14. The first-order valence-corrected chi connectivity index (χ1v) is 6.53. The van der Waals surface area contributed by atoms with E-state index in [2.05, 4.69) is 6.07 Å². The van der Waals surface area contributed by atoms with Gasteiger partial charge in [0.15, 0.2) is 11.5 Å². The van der Waals surface area contributed by atoms with Crippen LogP contribution in [0.15, 0.2) is 12.1 Å². The van der Waals surface area contributed by atoms with Gasteiger partial charge in [-0.15, -0.1) is 0 Å². The molecule has 0 spiro atoms. The van der Waals surface area contributed by atoms with E-state index >= 15 is 0 Å². The molecular weight excluding hydrogens is 257 g/mol. The van der Waals surface area contributed by atoms with Gasteiger partial charge < -0.3 is 18.8 Å². The normalized spacial score (nSPS) is 21.9. The van der Waals surface area contributed by atoms with Gasteiger partial charge in [0.25, 0.3) is 0 Å². The molecule has 0 bridgehead atoms. The van der Waals surface area contributed by atoms with E-state index in [0.717, 1.165) is 0 Å². The van der Waals surface area contributed by atoms with Crippen molar-refractivity contribution in [3.8, 4) is 17.6 Å².